The van der Waals surface area contributed by atoms with E-state index >= 15 is 0 Å². The van der Waals surface area contributed by atoms with E-state index in [1.54, 1.807) is 0 Å². The second-order valence-corrected chi connectivity index (χ2v) is 5.83. The molecule has 1 fully saturated rings. The quantitative estimate of drug-likeness (QED) is 0.841. The van der Waals surface area contributed by atoms with Gasteiger partial charge in [0, 0.05) is 6.54 Å². The van der Waals surface area contributed by atoms with Crippen molar-refractivity contribution in [3.63, 3.8) is 0 Å². The molecule has 1 saturated carbocycles. The molecule has 5 nitrogen and oxygen atoms in total. The van der Waals surface area contributed by atoms with E-state index in [4.69, 9.17) is 4.74 Å². The SMILES string of the molecule is Cc1cc(C)cc(OCC(=O)NCC2(C(=O)O)CCC2)c1. The Kier molecular flexibility index (Phi) is 4.50. The van der Waals surface area contributed by atoms with Crippen LogP contribution in [0, 0.1) is 19.3 Å². The molecule has 0 spiro atoms. The minimum atomic E-state index is -0.829. The molecule has 1 aromatic carbocycles. The van der Waals surface area contributed by atoms with Gasteiger partial charge in [-0.05, 0) is 49.9 Å². The van der Waals surface area contributed by atoms with Gasteiger partial charge in [-0.25, -0.2) is 0 Å². The normalized spacial score (nSPS) is 15.9. The number of benzene rings is 1. The number of ether oxygens (including phenoxy) is 1. The van der Waals surface area contributed by atoms with Crippen molar-refractivity contribution in [1.29, 1.82) is 0 Å². The number of carbonyl (C=O) groups excluding carboxylic acids is 1. The van der Waals surface area contributed by atoms with Crippen LogP contribution >= 0.6 is 0 Å². The topological polar surface area (TPSA) is 75.6 Å². The number of nitrogens with one attached hydrogen (secondary N) is 1. The Morgan fingerprint density at radius 1 is 1.24 bits per heavy atom. The number of aliphatic carboxylic acids is 1. The van der Waals surface area contributed by atoms with Gasteiger partial charge in [0.05, 0.1) is 5.41 Å². The van der Waals surface area contributed by atoms with Gasteiger partial charge in [0.25, 0.3) is 5.91 Å². The van der Waals surface area contributed by atoms with Crippen LogP contribution in [0.1, 0.15) is 30.4 Å². The summed E-state index contributed by atoms with van der Waals surface area (Å²) >= 11 is 0. The molecule has 1 amide bonds. The van der Waals surface area contributed by atoms with Crippen molar-refractivity contribution in [1.82, 2.24) is 5.32 Å². The van der Waals surface area contributed by atoms with E-state index in [2.05, 4.69) is 5.32 Å². The van der Waals surface area contributed by atoms with Crippen LogP contribution in [0.15, 0.2) is 18.2 Å². The van der Waals surface area contributed by atoms with Crippen LogP contribution < -0.4 is 10.1 Å². The molecule has 1 aliphatic rings. The second kappa shape index (κ2) is 6.16. The van der Waals surface area contributed by atoms with E-state index in [0.717, 1.165) is 17.5 Å². The Balaban J connectivity index is 1.81. The average Bonchev–Trinajstić information content (AvgIpc) is 2.33. The van der Waals surface area contributed by atoms with Crippen LogP contribution in [-0.2, 0) is 9.59 Å². The maximum Gasteiger partial charge on any atom is 0.311 e. The summed E-state index contributed by atoms with van der Waals surface area (Å²) in [7, 11) is 0. The van der Waals surface area contributed by atoms with Crippen molar-refractivity contribution < 1.29 is 19.4 Å². The van der Waals surface area contributed by atoms with Crippen molar-refractivity contribution in [2.75, 3.05) is 13.2 Å². The average molecular weight is 291 g/mol. The van der Waals surface area contributed by atoms with Crippen molar-refractivity contribution in [3.8, 4) is 5.75 Å². The molecule has 5 heteroatoms. The third-order valence-corrected chi connectivity index (χ3v) is 3.95. The monoisotopic (exact) mass is 291 g/mol. The molecule has 0 heterocycles. The fourth-order valence-electron chi connectivity index (χ4n) is 2.55. The number of aryl methyl sites for hydroxylation is 2. The standard InChI is InChI=1S/C16H21NO4/c1-11-6-12(2)8-13(7-11)21-9-14(18)17-10-16(15(19)20)4-3-5-16/h6-8H,3-5,9-10H2,1-2H3,(H,17,18)(H,19,20). The first kappa shape index (κ1) is 15.4. The second-order valence-electron chi connectivity index (χ2n) is 5.83. The molecule has 1 aliphatic carbocycles. The molecule has 0 aromatic heterocycles. The molecular formula is C16H21NO4. The lowest BCUT2D eigenvalue weighted by molar-refractivity contribution is -0.154. The zero-order valence-electron chi connectivity index (χ0n) is 12.4. The lowest BCUT2D eigenvalue weighted by Crippen LogP contribution is -2.48. The Labute approximate surface area is 124 Å². The molecule has 2 N–H and O–H groups in total. The van der Waals surface area contributed by atoms with Crippen LogP contribution in [0.25, 0.3) is 0 Å². The molecule has 21 heavy (non-hydrogen) atoms. The van der Waals surface area contributed by atoms with E-state index in [1.807, 2.05) is 32.0 Å². The summed E-state index contributed by atoms with van der Waals surface area (Å²) in [6.45, 7) is 4.01. The summed E-state index contributed by atoms with van der Waals surface area (Å²) in [6.07, 6.45) is 2.16. The van der Waals surface area contributed by atoms with E-state index < -0.39 is 11.4 Å². The first-order chi connectivity index (χ1) is 9.91. The van der Waals surface area contributed by atoms with Crippen molar-refractivity contribution in [2.24, 2.45) is 5.41 Å². The third kappa shape index (κ3) is 3.74. The Morgan fingerprint density at radius 3 is 2.33 bits per heavy atom. The maximum absolute atomic E-state index is 11.8. The predicted octanol–water partition coefficient (Wildman–Crippen LogP) is 2.05. The van der Waals surface area contributed by atoms with Crippen molar-refractivity contribution in [2.45, 2.75) is 33.1 Å². The van der Waals surface area contributed by atoms with Gasteiger partial charge in [0.15, 0.2) is 6.61 Å². The van der Waals surface area contributed by atoms with Gasteiger partial charge in [0.1, 0.15) is 5.75 Å². The molecule has 0 saturated heterocycles. The molecule has 0 bridgehead atoms. The van der Waals surface area contributed by atoms with Gasteiger partial charge in [-0.3, -0.25) is 9.59 Å². The summed E-state index contributed by atoms with van der Waals surface area (Å²) < 4.78 is 5.45. The van der Waals surface area contributed by atoms with Crippen molar-refractivity contribution in [3.05, 3.63) is 29.3 Å². The van der Waals surface area contributed by atoms with Gasteiger partial charge in [-0.2, -0.15) is 0 Å². The molecular weight excluding hydrogens is 270 g/mol. The van der Waals surface area contributed by atoms with Gasteiger partial charge in [0.2, 0.25) is 0 Å². The van der Waals surface area contributed by atoms with E-state index in [-0.39, 0.29) is 19.1 Å². The largest absolute Gasteiger partial charge is 0.484 e. The fraction of sp³-hybridized carbons (Fsp3) is 0.500. The van der Waals surface area contributed by atoms with E-state index in [9.17, 15) is 14.7 Å². The highest BCUT2D eigenvalue weighted by Gasteiger charge is 2.44. The Morgan fingerprint density at radius 2 is 1.86 bits per heavy atom. The highest BCUT2D eigenvalue weighted by Crippen LogP contribution is 2.40. The van der Waals surface area contributed by atoms with Crippen LogP contribution in [0.3, 0.4) is 0 Å². The predicted molar refractivity (Wildman–Crippen MR) is 78.3 cm³/mol. The lowest BCUT2D eigenvalue weighted by Gasteiger charge is -2.37. The Hall–Kier alpha value is -2.04. The number of carboxylic acid groups (broad SMARTS) is 1. The first-order valence-electron chi connectivity index (χ1n) is 7.12. The minimum absolute atomic E-state index is 0.0986. The molecule has 0 radical (unpaired) electrons. The number of amides is 1. The molecule has 1 aromatic rings. The summed E-state index contributed by atoms with van der Waals surface area (Å²) in [4.78, 5) is 23.0. The lowest BCUT2D eigenvalue weighted by atomic mass is 9.69. The minimum Gasteiger partial charge on any atom is -0.484 e. The van der Waals surface area contributed by atoms with Crippen LogP contribution in [-0.4, -0.2) is 30.1 Å². The summed E-state index contributed by atoms with van der Waals surface area (Å²) in [5.74, 6) is -0.467. The first-order valence-corrected chi connectivity index (χ1v) is 7.12. The third-order valence-electron chi connectivity index (χ3n) is 3.95. The summed E-state index contributed by atoms with van der Waals surface area (Å²) in [5.41, 5.74) is 1.38. The summed E-state index contributed by atoms with van der Waals surface area (Å²) in [6, 6.07) is 5.76. The van der Waals surface area contributed by atoms with E-state index in [0.29, 0.717) is 18.6 Å². The number of carbonyl (C=O) groups is 2. The Bertz CT molecular complexity index is 529. The van der Waals surface area contributed by atoms with Gasteiger partial charge >= 0.3 is 5.97 Å². The molecule has 114 valence electrons. The zero-order valence-corrected chi connectivity index (χ0v) is 12.4. The highest BCUT2D eigenvalue weighted by atomic mass is 16.5. The number of rotatable bonds is 6. The molecule has 2 rings (SSSR count). The van der Waals surface area contributed by atoms with E-state index in [1.165, 1.54) is 0 Å². The fourth-order valence-corrected chi connectivity index (χ4v) is 2.55. The zero-order chi connectivity index (χ0) is 15.5. The van der Waals surface area contributed by atoms with Crippen LogP contribution in [0.5, 0.6) is 5.75 Å². The maximum atomic E-state index is 11.8. The van der Waals surface area contributed by atoms with Gasteiger partial charge < -0.3 is 15.2 Å². The molecule has 0 unspecified atom stereocenters. The number of hydrogen-bond donors (Lipinski definition) is 2. The number of carboxylic acids is 1. The van der Waals surface area contributed by atoms with Crippen molar-refractivity contribution >= 4 is 11.9 Å². The highest BCUT2D eigenvalue weighted by molar-refractivity contribution is 5.80. The van der Waals surface area contributed by atoms with Crippen LogP contribution in [0.4, 0.5) is 0 Å². The van der Waals surface area contributed by atoms with Crippen LogP contribution in [0.2, 0.25) is 0 Å². The van der Waals surface area contributed by atoms with Gasteiger partial charge in [-0.15, -0.1) is 0 Å². The molecule has 0 atom stereocenters. The molecule has 0 aliphatic heterocycles. The smallest absolute Gasteiger partial charge is 0.311 e. The number of hydrogen-bond acceptors (Lipinski definition) is 3. The van der Waals surface area contributed by atoms with Gasteiger partial charge in [-0.1, -0.05) is 12.5 Å². The summed E-state index contributed by atoms with van der Waals surface area (Å²) in [5, 5.41) is 11.8.